The van der Waals surface area contributed by atoms with Crippen LogP contribution in [0.2, 0.25) is 0 Å². The van der Waals surface area contributed by atoms with Crippen molar-refractivity contribution >= 4 is 5.69 Å². The summed E-state index contributed by atoms with van der Waals surface area (Å²) in [7, 11) is 0. The fourth-order valence-corrected chi connectivity index (χ4v) is 2.28. The molecule has 0 amide bonds. The van der Waals surface area contributed by atoms with Crippen LogP contribution in [0.25, 0.3) is 0 Å². The minimum atomic E-state index is -0.713. The van der Waals surface area contributed by atoms with Gasteiger partial charge in [0.15, 0.2) is 0 Å². The Balaban J connectivity index is 1.98. The van der Waals surface area contributed by atoms with Gasteiger partial charge in [-0.05, 0) is 55.3 Å². The van der Waals surface area contributed by atoms with Crippen molar-refractivity contribution in [3.63, 3.8) is 0 Å². The van der Waals surface area contributed by atoms with Gasteiger partial charge in [0.05, 0.1) is 6.10 Å². The number of benzene rings is 2. The van der Waals surface area contributed by atoms with Gasteiger partial charge in [0.25, 0.3) is 0 Å². The quantitative estimate of drug-likeness (QED) is 0.872. The number of hydrogen-bond acceptors (Lipinski definition) is 2. The fraction of sp³-hybridized carbons (Fsp3) is 0.294. The second-order valence-electron chi connectivity index (χ2n) is 4.92. The van der Waals surface area contributed by atoms with Gasteiger partial charge < -0.3 is 10.0 Å². The average molecular weight is 291 g/mol. The molecule has 0 bridgehead atoms. The molecule has 0 aliphatic carbocycles. The maximum absolute atomic E-state index is 13.1. The van der Waals surface area contributed by atoms with E-state index in [1.54, 1.807) is 24.3 Å². The normalized spacial score (nSPS) is 12.2. The molecule has 2 aromatic rings. The smallest absolute Gasteiger partial charge is 0.123 e. The second kappa shape index (κ2) is 7.18. The van der Waals surface area contributed by atoms with Gasteiger partial charge in [0.1, 0.15) is 11.6 Å². The van der Waals surface area contributed by atoms with Crippen LogP contribution in [0.5, 0.6) is 0 Å². The Labute approximate surface area is 123 Å². The van der Waals surface area contributed by atoms with Crippen LogP contribution in [0.4, 0.5) is 14.5 Å². The molecule has 0 fully saturated rings. The fourth-order valence-electron chi connectivity index (χ4n) is 2.28. The van der Waals surface area contributed by atoms with Gasteiger partial charge in [0, 0.05) is 18.8 Å². The molecular weight excluding hydrogens is 272 g/mol. The number of aliphatic hydroxyl groups excluding tert-OH is 1. The molecule has 0 heterocycles. The van der Waals surface area contributed by atoms with Crippen molar-refractivity contribution < 1.29 is 13.9 Å². The van der Waals surface area contributed by atoms with Crippen LogP contribution in [-0.2, 0) is 0 Å². The third-order valence-electron chi connectivity index (χ3n) is 3.48. The summed E-state index contributed by atoms with van der Waals surface area (Å²) in [5.74, 6) is -0.618. The molecule has 0 aliphatic rings. The van der Waals surface area contributed by atoms with Crippen molar-refractivity contribution in [1.29, 1.82) is 0 Å². The summed E-state index contributed by atoms with van der Waals surface area (Å²) in [6.07, 6.45) is -0.232. The molecule has 1 unspecified atom stereocenters. The zero-order chi connectivity index (χ0) is 15.2. The maximum atomic E-state index is 13.1. The highest BCUT2D eigenvalue weighted by atomic mass is 19.1. The molecule has 0 saturated carbocycles. The van der Waals surface area contributed by atoms with E-state index in [0.29, 0.717) is 18.5 Å². The topological polar surface area (TPSA) is 23.5 Å². The first-order chi connectivity index (χ1) is 10.1. The molecule has 1 N–H and O–H groups in total. The third kappa shape index (κ3) is 4.26. The third-order valence-corrected chi connectivity index (χ3v) is 3.48. The van der Waals surface area contributed by atoms with Crippen molar-refractivity contribution in [2.75, 3.05) is 18.0 Å². The first kappa shape index (κ1) is 15.4. The van der Waals surface area contributed by atoms with Crippen LogP contribution in [-0.4, -0.2) is 18.2 Å². The molecule has 4 heteroatoms. The monoisotopic (exact) mass is 291 g/mol. The van der Waals surface area contributed by atoms with Gasteiger partial charge in [-0.1, -0.05) is 12.1 Å². The van der Waals surface area contributed by atoms with E-state index in [-0.39, 0.29) is 11.6 Å². The van der Waals surface area contributed by atoms with E-state index in [1.165, 1.54) is 24.3 Å². The van der Waals surface area contributed by atoms with Crippen molar-refractivity contribution in [1.82, 2.24) is 0 Å². The molecule has 2 nitrogen and oxygen atoms in total. The highest BCUT2D eigenvalue weighted by Gasteiger charge is 2.11. The van der Waals surface area contributed by atoms with E-state index < -0.39 is 6.10 Å². The van der Waals surface area contributed by atoms with E-state index in [2.05, 4.69) is 0 Å². The minimum Gasteiger partial charge on any atom is -0.388 e. The molecule has 1 atom stereocenters. The van der Waals surface area contributed by atoms with E-state index in [4.69, 9.17) is 0 Å². The first-order valence-electron chi connectivity index (χ1n) is 7.04. The standard InChI is InChI=1S/C17H19F2NO/c1-2-20(16-8-6-14(18)7-9-16)11-10-17(21)13-4-3-5-15(19)12-13/h3-9,12,17,21H,2,10-11H2,1H3. The van der Waals surface area contributed by atoms with Gasteiger partial charge in [-0.25, -0.2) is 8.78 Å². The lowest BCUT2D eigenvalue weighted by Gasteiger charge is -2.24. The SMILES string of the molecule is CCN(CCC(O)c1cccc(F)c1)c1ccc(F)cc1. The van der Waals surface area contributed by atoms with Crippen molar-refractivity contribution in [2.24, 2.45) is 0 Å². The average Bonchev–Trinajstić information content (AvgIpc) is 2.49. The van der Waals surface area contributed by atoms with Crippen LogP contribution >= 0.6 is 0 Å². The Morgan fingerprint density at radius 2 is 1.76 bits per heavy atom. The number of rotatable bonds is 6. The molecule has 112 valence electrons. The van der Waals surface area contributed by atoms with E-state index in [0.717, 1.165) is 12.2 Å². The Morgan fingerprint density at radius 3 is 2.38 bits per heavy atom. The van der Waals surface area contributed by atoms with Crippen molar-refractivity contribution in [2.45, 2.75) is 19.4 Å². The molecular formula is C17H19F2NO. The van der Waals surface area contributed by atoms with E-state index in [1.807, 2.05) is 11.8 Å². The van der Waals surface area contributed by atoms with Crippen LogP contribution in [0.3, 0.4) is 0 Å². The lowest BCUT2D eigenvalue weighted by atomic mass is 10.1. The molecule has 2 rings (SSSR count). The van der Waals surface area contributed by atoms with Crippen LogP contribution in [0.15, 0.2) is 48.5 Å². The zero-order valence-electron chi connectivity index (χ0n) is 12.0. The number of hydrogen-bond donors (Lipinski definition) is 1. The Hall–Kier alpha value is -1.94. The lowest BCUT2D eigenvalue weighted by molar-refractivity contribution is 0.169. The summed E-state index contributed by atoms with van der Waals surface area (Å²) in [4.78, 5) is 2.04. The molecule has 0 radical (unpaired) electrons. The van der Waals surface area contributed by atoms with Gasteiger partial charge in [-0.3, -0.25) is 0 Å². The van der Waals surface area contributed by atoms with Gasteiger partial charge in [-0.15, -0.1) is 0 Å². The highest BCUT2D eigenvalue weighted by Crippen LogP contribution is 2.20. The predicted octanol–water partition coefficient (Wildman–Crippen LogP) is 3.91. The molecule has 21 heavy (non-hydrogen) atoms. The molecule has 0 aliphatic heterocycles. The number of aliphatic hydroxyl groups is 1. The van der Waals surface area contributed by atoms with E-state index >= 15 is 0 Å². The summed E-state index contributed by atoms with van der Waals surface area (Å²) in [5.41, 5.74) is 1.48. The summed E-state index contributed by atoms with van der Waals surface area (Å²) in [6.45, 7) is 3.36. The Kier molecular flexibility index (Phi) is 5.28. The molecule has 0 aromatic heterocycles. The second-order valence-corrected chi connectivity index (χ2v) is 4.92. The van der Waals surface area contributed by atoms with Gasteiger partial charge in [-0.2, -0.15) is 0 Å². The largest absolute Gasteiger partial charge is 0.388 e. The molecule has 0 spiro atoms. The van der Waals surface area contributed by atoms with Crippen LogP contribution < -0.4 is 4.90 Å². The predicted molar refractivity (Wildman–Crippen MR) is 80.3 cm³/mol. The number of anilines is 1. The van der Waals surface area contributed by atoms with Crippen LogP contribution in [0, 0.1) is 11.6 Å². The highest BCUT2D eigenvalue weighted by molar-refractivity contribution is 5.46. The maximum Gasteiger partial charge on any atom is 0.123 e. The summed E-state index contributed by atoms with van der Waals surface area (Å²) in [5, 5.41) is 10.1. The zero-order valence-corrected chi connectivity index (χ0v) is 12.0. The number of nitrogens with zero attached hydrogens (tertiary/aromatic N) is 1. The van der Waals surface area contributed by atoms with Crippen molar-refractivity contribution in [3.05, 3.63) is 65.7 Å². The van der Waals surface area contributed by atoms with Crippen LogP contribution in [0.1, 0.15) is 25.0 Å². The Morgan fingerprint density at radius 1 is 1.05 bits per heavy atom. The lowest BCUT2D eigenvalue weighted by Crippen LogP contribution is -2.25. The van der Waals surface area contributed by atoms with Gasteiger partial charge in [0.2, 0.25) is 0 Å². The Bertz CT molecular complexity index is 571. The summed E-state index contributed by atoms with van der Waals surface area (Å²) in [6, 6.07) is 12.3. The molecule has 0 saturated heterocycles. The minimum absolute atomic E-state index is 0.269. The molecule has 2 aromatic carbocycles. The summed E-state index contributed by atoms with van der Waals surface area (Å²) < 4.78 is 26.1. The number of halogens is 2. The van der Waals surface area contributed by atoms with E-state index in [9.17, 15) is 13.9 Å². The first-order valence-corrected chi connectivity index (χ1v) is 7.04. The summed E-state index contributed by atoms with van der Waals surface area (Å²) >= 11 is 0. The van der Waals surface area contributed by atoms with Gasteiger partial charge >= 0.3 is 0 Å². The van der Waals surface area contributed by atoms with Crippen molar-refractivity contribution in [3.8, 4) is 0 Å².